The second-order valence-corrected chi connectivity index (χ2v) is 42.9. The van der Waals surface area contributed by atoms with E-state index >= 15 is 0 Å². The Labute approximate surface area is 849 Å². The normalized spacial score (nSPS) is 11.2. The molecule has 0 aliphatic heterocycles. The number of ether oxygens (including phenoxy) is 12. The van der Waals surface area contributed by atoms with Crippen LogP contribution < -0.4 is 10.1 Å². The summed E-state index contributed by atoms with van der Waals surface area (Å²) < 4.78 is 59.7. The van der Waals surface area contributed by atoms with Crippen LogP contribution in [0.4, 0.5) is 0 Å². The molecule has 0 aliphatic rings. The highest BCUT2D eigenvalue weighted by molar-refractivity contribution is 6.67. The maximum absolute atomic E-state index is 11.0. The Kier molecular flexibility index (Phi) is 91.2. The van der Waals surface area contributed by atoms with Crippen molar-refractivity contribution in [3.05, 3.63) is 179 Å². The molecule has 139 heavy (non-hydrogen) atoms. The molecule has 0 radical (unpaired) electrons. The van der Waals surface area contributed by atoms with Gasteiger partial charge < -0.3 is 72.4 Å². The number of esters is 9. The SMILES string of the molecule is C=C(C(=O)Cl)C(C)(C)C.C=C(C)C(=O)NC(C)(C)C.C=C(C)C(=O)OC(C)(C)C.C=C(C)C(=O)OCC(C)OC(C)(C)C.C=C(C)C(=O)OCCC.C=C(C)C(=O)Oc1ccccc1.C=C(CC(=O)OC(C)(C)C)C(=O)O.C=CC(=O)OC(C)(C)C.C=CC(=O)OCC(C)OC(C)(C)C.C=CC(=O)OCC(O)C(C)(C)C.C=CC(=O)OCCC.C=CCOC(C)(C)C.CC(C)(C)C.CC(C)(C)C(=O)Cl. The minimum Gasteiger partial charge on any atom is -0.478 e. The van der Waals surface area contributed by atoms with Crippen molar-refractivity contribution in [2.45, 2.75) is 374 Å². The molecular formula is C109H187Cl2NO27. The molecule has 0 saturated heterocycles. The Morgan fingerprint density at radius 1 is 0.410 bits per heavy atom. The summed E-state index contributed by atoms with van der Waals surface area (Å²) in [4.78, 5) is 138. The number of aliphatic carboxylic acids is 1. The lowest BCUT2D eigenvalue weighted by Gasteiger charge is -2.24. The number of halogens is 2. The molecule has 0 spiro atoms. The average molecular weight is 2010 g/mol. The highest BCUT2D eigenvalue weighted by Crippen LogP contribution is 2.25. The quantitative estimate of drug-likeness (QED) is 0.0175. The first-order valence-corrected chi connectivity index (χ1v) is 45.8. The van der Waals surface area contributed by atoms with Crippen LogP contribution >= 0.6 is 23.2 Å². The Balaban J connectivity index is -0.000000112. The number of hydrogen-bond acceptors (Lipinski definition) is 26. The number of carbonyl (C=O) groups excluding carboxylic acids is 12. The summed E-state index contributed by atoms with van der Waals surface area (Å²) in [5, 5.41) is 19.9. The van der Waals surface area contributed by atoms with Gasteiger partial charge in [-0.2, -0.15) is 0 Å². The van der Waals surface area contributed by atoms with E-state index in [4.69, 9.17) is 75.7 Å². The van der Waals surface area contributed by atoms with Crippen LogP contribution in [-0.4, -0.2) is 183 Å². The molecule has 0 bridgehead atoms. The summed E-state index contributed by atoms with van der Waals surface area (Å²) in [5.41, 5.74) is 0.247. The predicted molar refractivity (Wildman–Crippen MR) is 566 cm³/mol. The smallest absolute Gasteiger partial charge is 0.338 e. The second kappa shape index (κ2) is 80.7. The van der Waals surface area contributed by atoms with Gasteiger partial charge in [0.05, 0.1) is 61.4 Å². The minimum atomic E-state index is -1.18. The van der Waals surface area contributed by atoms with Crippen LogP contribution in [0.2, 0.25) is 0 Å². The first kappa shape index (κ1) is 157. The lowest BCUT2D eigenvalue weighted by molar-refractivity contribution is -0.155. The number of para-hydroxylation sites is 1. The summed E-state index contributed by atoms with van der Waals surface area (Å²) in [5.74, 6) is -4.28. The summed E-state index contributed by atoms with van der Waals surface area (Å²) in [7, 11) is 0. The van der Waals surface area contributed by atoms with Gasteiger partial charge in [-0.05, 0) is 258 Å². The maximum atomic E-state index is 11.0. The Hall–Kier alpha value is -9.97. The highest BCUT2D eigenvalue weighted by Gasteiger charge is 2.26. The molecule has 0 aromatic heterocycles. The van der Waals surface area contributed by atoms with Crippen LogP contribution in [0, 0.1) is 21.7 Å². The summed E-state index contributed by atoms with van der Waals surface area (Å²) in [6.45, 7) is 124. The number of carbonyl (C=O) groups is 13. The van der Waals surface area contributed by atoms with E-state index in [9.17, 15) is 67.4 Å². The number of aliphatic hydroxyl groups is 1. The fraction of sp³-hybridized carbons (Fsp3) is 0.606. The first-order valence-electron chi connectivity index (χ1n) is 45.0. The molecule has 28 nitrogen and oxygen atoms in total. The van der Waals surface area contributed by atoms with Gasteiger partial charge in [0.2, 0.25) is 16.4 Å². The fourth-order valence-electron chi connectivity index (χ4n) is 5.97. The molecular weight excluding hydrogens is 1830 g/mol. The predicted octanol–water partition coefficient (Wildman–Crippen LogP) is 24.6. The summed E-state index contributed by atoms with van der Waals surface area (Å²) in [6.07, 6.45) is 6.92. The number of carboxylic acid groups (broad SMARTS) is 1. The fourth-order valence-corrected chi connectivity index (χ4v) is 6.25. The Morgan fingerprint density at radius 3 is 0.957 bits per heavy atom. The molecule has 0 aliphatic carbocycles. The minimum absolute atomic E-state index is 0.0197. The third kappa shape index (κ3) is 146. The van der Waals surface area contributed by atoms with E-state index in [1.54, 1.807) is 107 Å². The van der Waals surface area contributed by atoms with Gasteiger partial charge in [0.25, 0.3) is 0 Å². The molecule has 1 rings (SSSR count). The average Bonchev–Trinajstić information content (AvgIpc) is 0.854. The molecule has 0 saturated carbocycles. The van der Waals surface area contributed by atoms with E-state index in [1.807, 2.05) is 200 Å². The Morgan fingerprint density at radius 2 is 0.734 bits per heavy atom. The van der Waals surface area contributed by atoms with Crippen LogP contribution in [0.25, 0.3) is 0 Å². The maximum Gasteiger partial charge on any atom is 0.338 e. The zero-order valence-corrected chi connectivity index (χ0v) is 95.2. The van der Waals surface area contributed by atoms with E-state index in [-0.39, 0.29) is 130 Å². The molecule has 0 heterocycles. The van der Waals surface area contributed by atoms with Crippen molar-refractivity contribution in [1.82, 2.24) is 5.32 Å². The van der Waals surface area contributed by atoms with E-state index in [2.05, 4.69) is 121 Å². The zero-order chi connectivity index (χ0) is 114. The van der Waals surface area contributed by atoms with Crippen LogP contribution in [0.5, 0.6) is 5.75 Å². The molecule has 0 fully saturated rings. The monoisotopic (exact) mass is 2010 g/mol. The van der Waals surface area contributed by atoms with Gasteiger partial charge >= 0.3 is 59.7 Å². The molecule has 1 aromatic rings. The van der Waals surface area contributed by atoms with E-state index in [1.165, 1.54) is 0 Å². The number of rotatable bonds is 28. The Bertz CT molecular complexity index is 3850. The highest BCUT2D eigenvalue weighted by atomic mass is 35.5. The first-order chi connectivity index (χ1) is 61.8. The third-order valence-corrected chi connectivity index (χ3v) is 13.2. The van der Waals surface area contributed by atoms with Crippen molar-refractivity contribution in [3.63, 3.8) is 0 Å². The molecule has 3 N–H and O–H groups in total. The van der Waals surface area contributed by atoms with Crippen LogP contribution in [0.1, 0.15) is 317 Å². The van der Waals surface area contributed by atoms with Crippen molar-refractivity contribution >= 4 is 99.3 Å². The lowest BCUT2D eigenvalue weighted by Crippen LogP contribution is -2.40. The number of benzene rings is 1. The van der Waals surface area contributed by atoms with Gasteiger partial charge in [0, 0.05) is 74.3 Å². The summed E-state index contributed by atoms with van der Waals surface area (Å²) in [6, 6.07) is 8.92. The molecule has 3 unspecified atom stereocenters. The van der Waals surface area contributed by atoms with Crippen molar-refractivity contribution in [3.8, 4) is 5.75 Å². The van der Waals surface area contributed by atoms with Crippen molar-refractivity contribution < 1.29 is 129 Å². The molecule has 804 valence electrons. The van der Waals surface area contributed by atoms with Crippen LogP contribution in [0.3, 0.4) is 0 Å². The van der Waals surface area contributed by atoms with Crippen molar-refractivity contribution in [2.75, 3.05) is 39.6 Å². The van der Waals surface area contributed by atoms with Crippen LogP contribution in [0.15, 0.2) is 179 Å². The van der Waals surface area contributed by atoms with Crippen LogP contribution in [-0.2, 0) is 114 Å². The lowest BCUT2D eigenvalue weighted by atomic mass is 9.88. The van der Waals surface area contributed by atoms with E-state index < -0.39 is 52.0 Å². The van der Waals surface area contributed by atoms with Gasteiger partial charge in [0.15, 0.2) is 0 Å². The second-order valence-electron chi connectivity index (χ2n) is 42.2. The zero-order valence-electron chi connectivity index (χ0n) is 93.7. The van der Waals surface area contributed by atoms with E-state index in [0.29, 0.717) is 64.4 Å². The van der Waals surface area contributed by atoms with E-state index in [0.717, 1.165) is 37.1 Å². The number of hydrogen-bond donors (Lipinski definition) is 3. The van der Waals surface area contributed by atoms with Crippen molar-refractivity contribution in [1.29, 1.82) is 0 Å². The molecule has 3 atom stereocenters. The van der Waals surface area contributed by atoms with Crippen molar-refractivity contribution in [2.24, 2.45) is 21.7 Å². The molecule has 1 aromatic carbocycles. The topological polar surface area (TPSA) is 385 Å². The number of amides is 1. The number of aliphatic hydroxyl groups excluding tert-OH is 1. The number of carboxylic acids is 1. The van der Waals surface area contributed by atoms with Gasteiger partial charge in [-0.3, -0.25) is 19.2 Å². The molecule has 1 amide bonds. The largest absolute Gasteiger partial charge is 0.478 e. The van der Waals surface area contributed by atoms with Gasteiger partial charge in [-0.25, -0.2) is 43.2 Å². The summed E-state index contributed by atoms with van der Waals surface area (Å²) >= 11 is 10.3. The number of allylic oxidation sites excluding steroid dienone is 1. The van der Waals surface area contributed by atoms with Gasteiger partial charge in [-0.1, -0.05) is 200 Å². The van der Waals surface area contributed by atoms with Gasteiger partial charge in [0.1, 0.15) is 42.4 Å². The van der Waals surface area contributed by atoms with Gasteiger partial charge in [-0.15, -0.1) is 6.58 Å². The number of nitrogens with one attached hydrogen (secondary N) is 1. The third-order valence-electron chi connectivity index (χ3n) is 12.4. The standard InChI is InChI=1S/C11H20O3.C10H18O3.C10H10O2.C9H14O4.C9H16O3.C8H15NO.C8H14O2.C7H11ClO.2C7H12O2.C7H14O.C6H10O2.C5H9ClO.C5H12/c1-8(2)10(12)13-7-9(3)14-11(4,5)6;1-6-9(11)12-7-8(2)13-10(3,4)5;1-8(2)10(11)12-9-6-4-3-5-7-9;1-6(8(11)12)5-7(10)13-9(2,3)4;1-5-8(11)12-6-7(10)9(2,3)4;1-6(2)7(10)9-8(3,4)5;1-6(2)7(9)10-8(3,4)5;1-5(6(8)9)7(2,3)4;1-5-6(8)9-7(2,3)4;1-4-5-9-7(8)6(2)3;1-5-6-8-7(2,3)4;1-3-5-8-6(7)4-2;1-5(2,3)4(6)7;1-5(2,3)4/h9H,1,7H2,2-6H3;6,8H,1,7H2,2-5H3;3-7H,1H2,2H3;1,5H2,2-4H3,(H,11,12);5,7,10H,1,6H2,2-4H3;1H2,2-5H3,(H,9,10);1H2,2-5H3;1H2,2-4H3;5H,1H2,2-4H3;2,4-5H2,1,3H3;5H,1,6H2,2-4H3;4H,2-3,5H2,1H3;1-3H3;1-4H3. The molecule has 30 heteroatoms.